The molecule has 0 aliphatic heterocycles. The maximum atomic E-state index is 13.2. The topological polar surface area (TPSA) is 74.8 Å². The van der Waals surface area contributed by atoms with Crippen LogP contribution in [-0.2, 0) is 24.1 Å². The van der Waals surface area contributed by atoms with Gasteiger partial charge in [0.05, 0.1) is 25.8 Å². The number of amides is 1. The number of aliphatic imine (C=N–C) groups is 1. The van der Waals surface area contributed by atoms with E-state index in [0.29, 0.717) is 24.9 Å². The second-order valence-electron chi connectivity index (χ2n) is 6.47. The minimum Gasteiger partial charge on any atom is -0.497 e. The van der Waals surface area contributed by atoms with E-state index in [0.717, 1.165) is 17.7 Å². The molecule has 2 aromatic rings. The van der Waals surface area contributed by atoms with Crippen molar-refractivity contribution in [1.82, 2.24) is 16.0 Å². The van der Waals surface area contributed by atoms with E-state index in [1.54, 1.807) is 26.2 Å². The van der Waals surface area contributed by atoms with Crippen molar-refractivity contribution in [2.75, 3.05) is 20.2 Å². The molecule has 0 spiro atoms. The van der Waals surface area contributed by atoms with Crippen molar-refractivity contribution in [3.05, 3.63) is 65.0 Å². The molecule has 6 nitrogen and oxygen atoms in total. The van der Waals surface area contributed by atoms with Gasteiger partial charge in [-0.25, -0.2) is 9.38 Å². The Balaban J connectivity index is 1.94. The molecule has 0 heterocycles. The highest BCUT2D eigenvalue weighted by atomic mass is 19.4. The van der Waals surface area contributed by atoms with Crippen LogP contribution in [-0.4, -0.2) is 32.1 Å². The first kappa shape index (κ1) is 24.0. The molecule has 0 aliphatic carbocycles. The third kappa shape index (κ3) is 7.80. The average Bonchev–Trinajstić information content (AvgIpc) is 2.74. The molecule has 3 N–H and O–H groups in total. The van der Waals surface area contributed by atoms with Crippen LogP contribution in [0.5, 0.6) is 5.75 Å². The van der Waals surface area contributed by atoms with Crippen LogP contribution in [0.2, 0.25) is 0 Å². The second kappa shape index (κ2) is 11.2. The number of halogens is 4. The molecule has 0 aliphatic rings. The predicted octanol–water partition coefficient (Wildman–Crippen LogP) is 3.22. The van der Waals surface area contributed by atoms with Crippen LogP contribution in [0.25, 0.3) is 0 Å². The number of nitrogens with one attached hydrogen (secondary N) is 3. The Kier molecular flexibility index (Phi) is 8.65. The standard InChI is InChI=1S/C21H24F4N4O2/c1-3-26-20(28-12-15-6-7-16(22)10-18(15)21(23,24)25)29-13-19(30)27-11-14-4-8-17(31-2)9-5-14/h4-10H,3,11-13H2,1-2H3,(H,27,30)(H2,26,28,29). The van der Waals surface area contributed by atoms with Crippen LogP contribution in [0, 0.1) is 5.82 Å². The molecule has 0 aromatic heterocycles. The van der Waals surface area contributed by atoms with Crippen molar-refractivity contribution in [2.45, 2.75) is 26.2 Å². The van der Waals surface area contributed by atoms with E-state index in [2.05, 4.69) is 20.9 Å². The highest BCUT2D eigenvalue weighted by molar-refractivity contribution is 5.86. The lowest BCUT2D eigenvalue weighted by Gasteiger charge is -2.14. The predicted molar refractivity (Wildman–Crippen MR) is 109 cm³/mol. The molecular weight excluding hydrogens is 416 g/mol. The summed E-state index contributed by atoms with van der Waals surface area (Å²) in [6.45, 7) is 2.06. The van der Waals surface area contributed by atoms with Crippen LogP contribution < -0.4 is 20.7 Å². The van der Waals surface area contributed by atoms with E-state index in [-0.39, 0.29) is 30.5 Å². The average molecular weight is 440 g/mol. The first-order valence-corrected chi connectivity index (χ1v) is 9.50. The zero-order valence-corrected chi connectivity index (χ0v) is 17.1. The third-order valence-electron chi connectivity index (χ3n) is 4.19. The summed E-state index contributed by atoms with van der Waals surface area (Å²) in [6, 6.07) is 9.64. The van der Waals surface area contributed by atoms with Gasteiger partial charge in [0, 0.05) is 13.1 Å². The Bertz CT molecular complexity index is 899. The number of carbonyl (C=O) groups is 1. The van der Waals surface area contributed by atoms with Gasteiger partial charge < -0.3 is 20.7 Å². The second-order valence-corrected chi connectivity index (χ2v) is 6.47. The number of ether oxygens (including phenoxy) is 1. The Hall–Kier alpha value is -3.30. The highest BCUT2D eigenvalue weighted by Gasteiger charge is 2.33. The first-order valence-electron chi connectivity index (χ1n) is 9.50. The van der Waals surface area contributed by atoms with Crippen molar-refractivity contribution in [3.8, 4) is 5.75 Å². The highest BCUT2D eigenvalue weighted by Crippen LogP contribution is 2.32. The summed E-state index contributed by atoms with van der Waals surface area (Å²) in [5.74, 6) is -0.421. The normalized spacial score (nSPS) is 11.7. The number of hydrogen-bond acceptors (Lipinski definition) is 3. The van der Waals surface area contributed by atoms with Crippen LogP contribution in [0.4, 0.5) is 17.6 Å². The van der Waals surface area contributed by atoms with Gasteiger partial charge in [-0.2, -0.15) is 13.2 Å². The molecule has 0 saturated heterocycles. The van der Waals surface area contributed by atoms with Crippen molar-refractivity contribution in [1.29, 1.82) is 0 Å². The molecule has 0 radical (unpaired) electrons. The van der Waals surface area contributed by atoms with Gasteiger partial charge >= 0.3 is 6.18 Å². The molecule has 31 heavy (non-hydrogen) atoms. The Labute approximate surface area is 177 Å². The summed E-state index contributed by atoms with van der Waals surface area (Å²) in [5.41, 5.74) is -0.370. The van der Waals surface area contributed by atoms with Crippen LogP contribution in [0.1, 0.15) is 23.6 Å². The maximum Gasteiger partial charge on any atom is 0.416 e. The molecule has 2 rings (SSSR count). The fourth-order valence-corrected chi connectivity index (χ4v) is 2.63. The van der Waals surface area contributed by atoms with Gasteiger partial charge in [0.15, 0.2) is 5.96 Å². The van der Waals surface area contributed by atoms with Gasteiger partial charge in [0.25, 0.3) is 0 Å². The quantitative estimate of drug-likeness (QED) is 0.335. The van der Waals surface area contributed by atoms with Crippen molar-refractivity contribution in [3.63, 3.8) is 0 Å². The van der Waals surface area contributed by atoms with Crippen LogP contribution >= 0.6 is 0 Å². The molecule has 0 saturated carbocycles. The Morgan fingerprint density at radius 1 is 1.06 bits per heavy atom. The van der Waals surface area contributed by atoms with Gasteiger partial charge in [-0.15, -0.1) is 0 Å². The summed E-state index contributed by atoms with van der Waals surface area (Å²) in [6.07, 6.45) is -4.69. The largest absolute Gasteiger partial charge is 0.497 e. The molecule has 0 bridgehead atoms. The molecule has 0 atom stereocenters. The van der Waals surface area contributed by atoms with Gasteiger partial charge in [0.1, 0.15) is 11.6 Å². The third-order valence-corrected chi connectivity index (χ3v) is 4.19. The summed E-state index contributed by atoms with van der Waals surface area (Å²) >= 11 is 0. The summed E-state index contributed by atoms with van der Waals surface area (Å²) in [7, 11) is 1.56. The van der Waals surface area contributed by atoms with Crippen molar-refractivity contribution >= 4 is 11.9 Å². The molecule has 10 heteroatoms. The summed E-state index contributed by atoms with van der Waals surface area (Å²) in [4.78, 5) is 16.1. The lowest BCUT2D eigenvalue weighted by atomic mass is 10.1. The summed E-state index contributed by atoms with van der Waals surface area (Å²) in [5, 5.41) is 8.35. The maximum absolute atomic E-state index is 13.2. The van der Waals surface area contributed by atoms with E-state index in [4.69, 9.17) is 4.74 Å². The van der Waals surface area contributed by atoms with Gasteiger partial charge in [0.2, 0.25) is 5.91 Å². The molecular formula is C21H24F4N4O2. The minimum atomic E-state index is -4.69. The fourth-order valence-electron chi connectivity index (χ4n) is 2.63. The number of benzene rings is 2. The van der Waals surface area contributed by atoms with E-state index in [9.17, 15) is 22.4 Å². The van der Waals surface area contributed by atoms with E-state index in [1.807, 2.05) is 12.1 Å². The van der Waals surface area contributed by atoms with Crippen LogP contribution in [0.3, 0.4) is 0 Å². The number of hydrogen-bond donors (Lipinski definition) is 3. The number of alkyl halides is 3. The number of rotatable bonds is 8. The Morgan fingerprint density at radius 3 is 2.39 bits per heavy atom. The molecule has 168 valence electrons. The van der Waals surface area contributed by atoms with Crippen molar-refractivity contribution in [2.24, 2.45) is 4.99 Å². The fraction of sp³-hybridized carbons (Fsp3) is 0.333. The molecule has 0 fully saturated rings. The lowest BCUT2D eigenvalue weighted by molar-refractivity contribution is -0.138. The number of guanidine groups is 1. The number of carbonyl (C=O) groups excluding carboxylic acids is 1. The van der Waals surface area contributed by atoms with E-state index >= 15 is 0 Å². The van der Waals surface area contributed by atoms with Gasteiger partial charge in [-0.3, -0.25) is 4.79 Å². The molecule has 0 unspecified atom stereocenters. The number of nitrogens with zero attached hydrogens (tertiary/aromatic N) is 1. The first-order chi connectivity index (χ1) is 14.7. The minimum absolute atomic E-state index is 0.127. The smallest absolute Gasteiger partial charge is 0.416 e. The zero-order valence-electron chi connectivity index (χ0n) is 17.1. The SMILES string of the molecule is CCNC(=NCc1ccc(F)cc1C(F)(F)F)NCC(=O)NCc1ccc(OC)cc1. The Morgan fingerprint density at radius 2 is 1.77 bits per heavy atom. The summed E-state index contributed by atoms with van der Waals surface area (Å²) < 4.78 is 57.6. The van der Waals surface area contributed by atoms with Gasteiger partial charge in [-0.05, 0) is 42.3 Å². The van der Waals surface area contributed by atoms with Crippen molar-refractivity contribution < 1.29 is 27.1 Å². The zero-order chi connectivity index (χ0) is 22.9. The van der Waals surface area contributed by atoms with Crippen LogP contribution in [0.15, 0.2) is 47.5 Å². The monoisotopic (exact) mass is 440 g/mol. The molecule has 1 amide bonds. The van der Waals surface area contributed by atoms with E-state index < -0.39 is 17.6 Å². The van der Waals surface area contributed by atoms with E-state index in [1.165, 1.54) is 0 Å². The van der Waals surface area contributed by atoms with Gasteiger partial charge in [-0.1, -0.05) is 18.2 Å². The number of methoxy groups -OCH3 is 1. The molecule has 2 aromatic carbocycles. The lowest BCUT2D eigenvalue weighted by Crippen LogP contribution is -2.43.